The van der Waals surface area contributed by atoms with Gasteiger partial charge >= 0.3 is 14.4 Å². The first-order chi connectivity index (χ1) is 6.95. The molecule has 1 rings (SSSR count). The largest absolute Gasteiger partial charge is 0.565 e. The molecule has 0 saturated heterocycles. The van der Waals surface area contributed by atoms with Crippen molar-refractivity contribution < 1.29 is 22.3 Å². The van der Waals surface area contributed by atoms with Crippen LogP contribution in [0.3, 0.4) is 0 Å². The van der Waals surface area contributed by atoms with E-state index in [4.69, 9.17) is 0 Å². The van der Waals surface area contributed by atoms with E-state index in [0.29, 0.717) is 5.82 Å². The van der Waals surface area contributed by atoms with Gasteiger partial charge < -0.3 is 0 Å². The van der Waals surface area contributed by atoms with E-state index in [0.717, 1.165) is 0 Å². The summed E-state index contributed by atoms with van der Waals surface area (Å²) in [6.07, 6.45) is -4.83. The summed E-state index contributed by atoms with van der Waals surface area (Å²) >= 11 is 0. The van der Waals surface area contributed by atoms with Crippen molar-refractivity contribution in [1.82, 2.24) is 0 Å². The maximum atomic E-state index is 11.0. The average molecular weight is 237 g/mol. The first kappa shape index (κ1) is 13.8. The van der Waals surface area contributed by atoms with Gasteiger partial charge in [0.25, 0.3) is 0 Å². The van der Waals surface area contributed by atoms with Crippen LogP contribution in [0.15, 0.2) is 48.8 Å². The van der Waals surface area contributed by atoms with Crippen molar-refractivity contribution in [3.63, 3.8) is 0 Å². The van der Waals surface area contributed by atoms with Gasteiger partial charge in [0.2, 0.25) is 0 Å². The Kier molecular flexibility index (Phi) is 6.58. The Labute approximate surface area is 86.2 Å². The second-order valence-corrected chi connectivity index (χ2v) is 3.28. The van der Waals surface area contributed by atoms with Crippen molar-refractivity contribution >= 4 is 8.03 Å². The van der Waals surface area contributed by atoms with Crippen LogP contribution >= 0.6 is 8.03 Å². The van der Waals surface area contributed by atoms with Crippen molar-refractivity contribution in [3.8, 4) is 0 Å². The molecule has 1 atom stereocenters. The topological polar surface area (TPSA) is 26.3 Å². The Bertz CT molecular complexity index is 271. The van der Waals surface area contributed by atoms with E-state index in [1.54, 1.807) is 0 Å². The molecule has 0 aliphatic carbocycles. The van der Waals surface area contributed by atoms with Gasteiger partial charge in [-0.15, -0.1) is 13.2 Å². The van der Waals surface area contributed by atoms with E-state index in [-0.39, 0.29) is 0 Å². The van der Waals surface area contributed by atoms with Crippen LogP contribution in [-0.4, -0.2) is 6.36 Å². The van der Waals surface area contributed by atoms with Crippen LogP contribution in [0.1, 0.15) is 0 Å². The highest BCUT2D eigenvalue weighted by Crippen LogP contribution is 2.33. The summed E-state index contributed by atoms with van der Waals surface area (Å²) in [6.45, 7) is 2.84. The molecule has 0 spiro atoms. The molecule has 0 bridgehead atoms. The fourth-order valence-corrected chi connectivity index (χ4v) is 0.803. The maximum Gasteiger partial charge on any atom is 0.565 e. The van der Waals surface area contributed by atoms with Crippen LogP contribution in [0.5, 0.6) is 0 Å². The minimum atomic E-state index is -4.83. The predicted octanol–water partition coefficient (Wildman–Crippen LogP) is 4.10. The lowest BCUT2D eigenvalue weighted by Crippen LogP contribution is -2.06. The third-order valence-corrected chi connectivity index (χ3v) is 1.69. The molecule has 6 heteroatoms. The molecule has 0 saturated carbocycles. The Morgan fingerprint density at radius 1 is 1.07 bits per heavy atom. The van der Waals surface area contributed by atoms with Gasteiger partial charge in [-0.05, 0) is 15.7 Å². The zero-order valence-corrected chi connectivity index (χ0v) is 8.54. The number of halogens is 3. The van der Waals surface area contributed by atoms with E-state index in [1.165, 1.54) is 0 Å². The summed E-state index contributed by atoms with van der Waals surface area (Å²) in [5.74, 6) is 0.586. The smallest absolute Gasteiger partial charge is 0.141 e. The second kappa shape index (κ2) is 7.15. The van der Waals surface area contributed by atoms with E-state index < -0.39 is 14.4 Å². The van der Waals surface area contributed by atoms with Crippen molar-refractivity contribution in [2.24, 2.45) is 0 Å². The van der Waals surface area contributed by atoms with Gasteiger partial charge in [-0.25, -0.2) is 0 Å². The number of hydrogen-bond donors (Lipinski definition) is 0. The number of alkyl halides is 3. The zero-order valence-electron chi connectivity index (χ0n) is 7.65. The molecule has 0 aromatic heterocycles. The van der Waals surface area contributed by atoms with Crippen molar-refractivity contribution in [2.75, 3.05) is 0 Å². The number of rotatable bonds is 2. The molecule has 15 heavy (non-hydrogen) atoms. The highest BCUT2D eigenvalue weighted by molar-refractivity contribution is 7.42. The van der Waals surface area contributed by atoms with Crippen LogP contribution in [0, 0.1) is 0 Å². The van der Waals surface area contributed by atoms with Gasteiger partial charge in [-0.3, -0.25) is 0 Å². The fourth-order valence-electron chi connectivity index (χ4n) is 0.524. The van der Waals surface area contributed by atoms with Crippen molar-refractivity contribution in [1.29, 1.82) is 0 Å². The number of hydrogen-bond acceptors (Lipinski definition) is 2. The van der Waals surface area contributed by atoms with E-state index in [2.05, 4.69) is 11.1 Å². The van der Waals surface area contributed by atoms with E-state index >= 15 is 0 Å². The first-order valence-electron chi connectivity index (χ1n) is 3.80. The maximum absolute atomic E-state index is 11.0. The Morgan fingerprint density at radius 3 is 1.53 bits per heavy atom. The van der Waals surface area contributed by atoms with Crippen molar-refractivity contribution in [3.05, 3.63) is 48.8 Å². The third-order valence-electron chi connectivity index (χ3n) is 1.01. The molecule has 1 aromatic rings. The molecular formula is C9H9F3O2P+. The van der Waals surface area contributed by atoms with E-state index in [1.807, 2.05) is 36.4 Å². The predicted molar refractivity (Wildman–Crippen MR) is 51.4 cm³/mol. The van der Waals surface area contributed by atoms with Gasteiger partial charge in [0.05, 0.1) is 0 Å². The molecule has 0 amide bonds. The van der Waals surface area contributed by atoms with Gasteiger partial charge in [-0.1, -0.05) is 36.4 Å². The molecule has 0 heterocycles. The minimum Gasteiger partial charge on any atom is -0.141 e. The Morgan fingerprint density at radius 2 is 1.40 bits per heavy atom. The van der Waals surface area contributed by atoms with Gasteiger partial charge in [0.15, 0.2) is 5.82 Å². The molecular weight excluding hydrogens is 228 g/mol. The molecule has 1 aromatic carbocycles. The Hall–Kier alpha value is -1.19. The summed E-state index contributed by atoms with van der Waals surface area (Å²) in [5, 5.41) is 0. The summed E-state index contributed by atoms with van der Waals surface area (Å²) in [7, 11) is -2.78. The molecule has 2 nitrogen and oxygen atoms in total. The van der Waals surface area contributed by atoms with Crippen LogP contribution in [0.4, 0.5) is 13.2 Å². The molecule has 0 radical (unpaired) electrons. The summed E-state index contributed by atoms with van der Waals surface area (Å²) in [4.78, 5) is 0. The summed E-state index contributed by atoms with van der Waals surface area (Å²) in [6, 6.07) is 12.0. The van der Waals surface area contributed by atoms with Crippen LogP contribution in [0.25, 0.3) is 0 Å². The molecule has 82 valence electrons. The lowest BCUT2D eigenvalue weighted by molar-refractivity contribution is -0.271. The molecule has 0 aliphatic rings. The fraction of sp³-hybridized carbons (Fsp3) is 0.111. The molecule has 0 fully saturated rings. The van der Waals surface area contributed by atoms with Crippen LogP contribution in [-0.2, 0) is 9.09 Å². The van der Waals surface area contributed by atoms with Crippen LogP contribution in [0.2, 0.25) is 0 Å². The second-order valence-electron chi connectivity index (χ2n) is 2.16. The lowest BCUT2D eigenvalue weighted by atomic mass is 10.4. The summed E-state index contributed by atoms with van der Waals surface area (Å²) in [5.41, 5.74) is 0. The van der Waals surface area contributed by atoms with Gasteiger partial charge in [0.1, 0.15) is 0 Å². The monoisotopic (exact) mass is 237 g/mol. The zero-order chi connectivity index (χ0) is 11.7. The van der Waals surface area contributed by atoms with E-state index in [9.17, 15) is 17.7 Å². The molecule has 0 N–H and O–H groups in total. The van der Waals surface area contributed by atoms with Crippen LogP contribution < -0.4 is 0 Å². The Balaban J connectivity index is 0.000000280. The highest BCUT2D eigenvalue weighted by Gasteiger charge is 2.40. The number of benzene rings is 1. The molecule has 1 unspecified atom stereocenters. The molecule has 0 aliphatic heterocycles. The first-order valence-corrected chi connectivity index (χ1v) is 5.05. The van der Waals surface area contributed by atoms with Crippen molar-refractivity contribution in [2.45, 2.75) is 6.36 Å². The standard InChI is InChI=1S/C6H6.C3H3F3O2P/c1-2-4-6-5-3-1;1-2-9(7)8-3(4,5)6/h1-6H;2H,1H2/q;+1. The third kappa shape index (κ3) is 10.7. The van der Waals surface area contributed by atoms with Gasteiger partial charge in [-0.2, -0.15) is 0 Å². The van der Waals surface area contributed by atoms with Gasteiger partial charge in [0, 0.05) is 0 Å². The summed E-state index contributed by atoms with van der Waals surface area (Å²) < 4.78 is 46.0. The SMILES string of the molecule is C=C[P+](=O)OC(F)(F)F.c1ccccc1. The lowest BCUT2D eigenvalue weighted by Gasteiger charge is -1.91. The minimum absolute atomic E-state index is 0.586. The quantitative estimate of drug-likeness (QED) is 0.724. The highest BCUT2D eigenvalue weighted by atomic mass is 31.1. The normalized spacial score (nSPS) is 11.0. The average Bonchev–Trinajstić information content (AvgIpc) is 2.19.